The number of aromatic amines is 1. The quantitative estimate of drug-likeness (QED) is 0.448. The third kappa shape index (κ3) is 4.26. The number of pyridine rings is 1. The van der Waals surface area contributed by atoms with E-state index in [4.69, 9.17) is 11.0 Å². The van der Waals surface area contributed by atoms with Gasteiger partial charge in [0.2, 0.25) is 5.91 Å². The van der Waals surface area contributed by atoms with Crippen molar-refractivity contribution in [3.05, 3.63) is 83.7 Å². The van der Waals surface area contributed by atoms with Crippen molar-refractivity contribution in [3.8, 4) is 17.5 Å². The van der Waals surface area contributed by atoms with Crippen molar-refractivity contribution in [1.82, 2.24) is 20.3 Å². The van der Waals surface area contributed by atoms with Gasteiger partial charge in [-0.25, -0.2) is 4.98 Å². The number of H-pyrrole nitrogens is 1. The van der Waals surface area contributed by atoms with Crippen LogP contribution in [-0.2, 0) is 11.2 Å². The maximum atomic E-state index is 13.0. The molecule has 0 radical (unpaired) electrons. The zero-order valence-electron chi connectivity index (χ0n) is 16.4. The van der Waals surface area contributed by atoms with Crippen LogP contribution in [0.2, 0.25) is 0 Å². The van der Waals surface area contributed by atoms with E-state index >= 15 is 0 Å². The number of nitrogens with one attached hydrogen (secondary N) is 2. The number of nitrogens with two attached hydrogens (primary N) is 1. The summed E-state index contributed by atoms with van der Waals surface area (Å²) in [4.78, 5) is 36.7. The molecule has 4 rings (SSSR count). The summed E-state index contributed by atoms with van der Waals surface area (Å²) in [5.41, 5.74) is 9.06. The minimum atomic E-state index is -0.935. The first kappa shape index (κ1) is 19.8. The Morgan fingerprint density at radius 3 is 2.65 bits per heavy atom. The van der Waals surface area contributed by atoms with Gasteiger partial charge in [-0.3, -0.25) is 14.6 Å². The second-order valence-electron chi connectivity index (χ2n) is 6.97. The van der Waals surface area contributed by atoms with Gasteiger partial charge < -0.3 is 16.0 Å². The van der Waals surface area contributed by atoms with Crippen molar-refractivity contribution in [3.63, 3.8) is 0 Å². The number of carbonyl (C=O) groups excluding carboxylic acids is 2. The van der Waals surface area contributed by atoms with E-state index in [1.165, 1.54) is 0 Å². The van der Waals surface area contributed by atoms with Gasteiger partial charge >= 0.3 is 0 Å². The predicted octanol–water partition coefficient (Wildman–Crippen LogP) is 2.32. The number of nitriles is 1. The number of benzene rings is 2. The van der Waals surface area contributed by atoms with Gasteiger partial charge in [0.1, 0.15) is 17.4 Å². The molecule has 1 unspecified atom stereocenters. The number of carbonyl (C=O) groups is 2. The zero-order chi connectivity index (χ0) is 21.8. The molecule has 8 heteroatoms. The first-order chi connectivity index (χ1) is 15.0. The molecule has 1 atom stereocenters. The van der Waals surface area contributed by atoms with Crippen LogP contribution in [-0.4, -0.2) is 32.8 Å². The van der Waals surface area contributed by atoms with Crippen molar-refractivity contribution in [2.75, 3.05) is 0 Å². The van der Waals surface area contributed by atoms with Crippen LogP contribution in [0.25, 0.3) is 22.4 Å². The van der Waals surface area contributed by atoms with Gasteiger partial charge in [-0.2, -0.15) is 5.26 Å². The normalized spacial score (nSPS) is 11.6. The van der Waals surface area contributed by atoms with E-state index in [0.29, 0.717) is 28.0 Å². The summed E-state index contributed by atoms with van der Waals surface area (Å²) in [6, 6.07) is 16.8. The standard InChI is InChI=1S/C23H18N6O2/c24-13-15-4-1-3-14(11-15)12-19(21(25)30)28-23(31)17-5-2-6-18-20(17)29-22(27-18)16-7-9-26-10-8-16/h1-11,19H,12H2,(H2,25,30)(H,27,29)(H,28,31). The van der Waals surface area contributed by atoms with E-state index in [1.807, 2.05) is 18.2 Å². The zero-order valence-corrected chi connectivity index (χ0v) is 16.4. The maximum absolute atomic E-state index is 13.0. The molecule has 0 spiro atoms. The fourth-order valence-corrected chi connectivity index (χ4v) is 3.32. The Balaban J connectivity index is 1.61. The number of fused-ring (bicyclic) bond motifs is 1. The lowest BCUT2D eigenvalue weighted by molar-refractivity contribution is -0.119. The summed E-state index contributed by atoms with van der Waals surface area (Å²) in [6.07, 6.45) is 3.50. The van der Waals surface area contributed by atoms with E-state index in [-0.39, 0.29) is 6.42 Å². The molecule has 31 heavy (non-hydrogen) atoms. The number of hydrogen-bond donors (Lipinski definition) is 3. The SMILES string of the molecule is N#Cc1cccc(CC(NC(=O)c2cccc3[nH]c(-c4ccncc4)nc23)C(N)=O)c1. The number of nitrogens with zero attached hydrogens (tertiary/aromatic N) is 3. The molecule has 2 amide bonds. The predicted molar refractivity (Wildman–Crippen MR) is 115 cm³/mol. The van der Waals surface area contributed by atoms with E-state index in [9.17, 15) is 9.59 Å². The van der Waals surface area contributed by atoms with Crippen molar-refractivity contribution in [2.45, 2.75) is 12.5 Å². The number of hydrogen-bond acceptors (Lipinski definition) is 5. The van der Waals surface area contributed by atoms with Gasteiger partial charge in [0.15, 0.2) is 0 Å². The molecule has 2 heterocycles. The molecule has 4 N–H and O–H groups in total. The third-order valence-electron chi connectivity index (χ3n) is 4.86. The van der Waals surface area contributed by atoms with Gasteiger partial charge in [-0.15, -0.1) is 0 Å². The van der Waals surface area contributed by atoms with E-state index in [1.54, 1.807) is 48.8 Å². The van der Waals surface area contributed by atoms with Gasteiger partial charge in [-0.05, 0) is 42.0 Å². The lowest BCUT2D eigenvalue weighted by Crippen LogP contribution is -2.45. The monoisotopic (exact) mass is 410 g/mol. The van der Waals surface area contributed by atoms with E-state index in [2.05, 4.69) is 26.3 Å². The van der Waals surface area contributed by atoms with Gasteiger partial charge in [0.05, 0.1) is 22.7 Å². The Morgan fingerprint density at radius 2 is 1.90 bits per heavy atom. The van der Waals surface area contributed by atoms with Crippen LogP contribution >= 0.6 is 0 Å². The highest BCUT2D eigenvalue weighted by atomic mass is 16.2. The fourth-order valence-electron chi connectivity index (χ4n) is 3.32. The minimum absolute atomic E-state index is 0.176. The van der Waals surface area contributed by atoms with Crippen molar-refractivity contribution in [1.29, 1.82) is 5.26 Å². The van der Waals surface area contributed by atoms with Crippen molar-refractivity contribution >= 4 is 22.8 Å². The van der Waals surface area contributed by atoms with Crippen molar-refractivity contribution < 1.29 is 9.59 Å². The number of primary amides is 1. The second-order valence-corrected chi connectivity index (χ2v) is 6.97. The minimum Gasteiger partial charge on any atom is -0.368 e. The van der Waals surface area contributed by atoms with E-state index in [0.717, 1.165) is 11.1 Å². The Morgan fingerprint density at radius 1 is 1.13 bits per heavy atom. The van der Waals surface area contributed by atoms with Crippen LogP contribution in [0.15, 0.2) is 67.0 Å². The van der Waals surface area contributed by atoms with Crippen LogP contribution in [0.5, 0.6) is 0 Å². The number of para-hydroxylation sites is 1. The molecular weight excluding hydrogens is 392 g/mol. The van der Waals surface area contributed by atoms with Gasteiger partial charge in [0, 0.05) is 24.4 Å². The van der Waals surface area contributed by atoms with Gasteiger partial charge in [-0.1, -0.05) is 18.2 Å². The lowest BCUT2D eigenvalue weighted by atomic mass is 10.0. The Bertz CT molecular complexity index is 1310. The molecule has 0 aliphatic rings. The van der Waals surface area contributed by atoms with Crippen LogP contribution in [0.4, 0.5) is 0 Å². The summed E-state index contributed by atoms with van der Waals surface area (Å²) in [7, 11) is 0. The van der Waals surface area contributed by atoms with Gasteiger partial charge in [0.25, 0.3) is 5.91 Å². The lowest BCUT2D eigenvalue weighted by Gasteiger charge is -2.16. The highest BCUT2D eigenvalue weighted by Crippen LogP contribution is 2.22. The molecular formula is C23H18N6O2. The average molecular weight is 410 g/mol. The molecule has 0 aliphatic heterocycles. The smallest absolute Gasteiger partial charge is 0.254 e. The largest absolute Gasteiger partial charge is 0.368 e. The maximum Gasteiger partial charge on any atom is 0.254 e. The summed E-state index contributed by atoms with van der Waals surface area (Å²) in [6.45, 7) is 0. The van der Waals surface area contributed by atoms with E-state index < -0.39 is 17.9 Å². The molecule has 2 aromatic carbocycles. The Kier molecular flexibility index (Phi) is 5.41. The number of rotatable bonds is 6. The molecule has 4 aromatic rings. The number of amides is 2. The van der Waals surface area contributed by atoms with Crippen LogP contribution in [0.3, 0.4) is 0 Å². The summed E-state index contributed by atoms with van der Waals surface area (Å²) < 4.78 is 0. The Labute approximate surface area is 177 Å². The topological polar surface area (TPSA) is 138 Å². The van der Waals surface area contributed by atoms with Crippen LogP contribution < -0.4 is 11.1 Å². The highest BCUT2D eigenvalue weighted by molar-refractivity contribution is 6.06. The third-order valence-corrected chi connectivity index (χ3v) is 4.86. The first-order valence-corrected chi connectivity index (χ1v) is 9.53. The Hall–Kier alpha value is -4.51. The fraction of sp³-hybridized carbons (Fsp3) is 0.0870. The summed E-state index contributed by atoms with van der Waals surface area (Å²) in [5, 5.41) is 11.8. The molecule has 0 saturated heterocycles. The van der Waals surface area contributed by atoms with Crippen molar-refractivity contribution in [2.24, 2.45) is 5.73 Å². The average Bonchev–Trinajstić information content (AvgIpc) is 3.23. The van der Waals surface area contributed by atoms with Crippen LogP contribution in [0, 0.1) is 11.3 Å². The number of imidazole rings is 1. The molecule has 2 aromatic heterocycles. The summed E-state index contributed by atoms with van der Waals surface area (Å²) >= 11 is 0. The second kappa shape index (κ2) is 8.47. The molecule has 152 valence electrons. The number of aromatic nitrogens is 3. The highest BCUT2D eigenvalue weighted by Gasteiger charge is 2.22. The molecule has 0 aliphatic carbocycles. The molecule has 0 saturated carbocycles. The summed E-state index contributed by atoms with van der Waals surface area (Å²) in [5.74, 6) is -0.515. The first-order valence-electron chi connectivity index (χ1n) is 9.53. The molecule has 0 fully saturated rings. The van der Waals surface area contributed by atoms with Crippen LogP contribution in [0.1, 0.15) is 21.5 Å². The molecule has 0 bridgehead atoms. The molecule has 8 nitrogen and oxygen atoms in total.